The van der Waals surface area contributed by atoms with Crippen LogP contribution in [0.1, 0.15) is 162 Å². The normalized spacial score (nSPS) is 12.1. The zero-order chi connectivity index (χ0) is 23.7. The summed E-state index contributed by atoms with van der Waals surface area (Å²) in [5.41, 5.74) is 0. The molecule has 0 radical (unpaired) electrons. The van der Waals surface area contributed by atoms with Gasteiger partial charge in [-0.2, -0.15) is 0 Å². The number of carbonyl (C=O) groups excluding carboxylic acids is 1. The van der Waals surface area contributed by atoms with Crippen LogP contribution in [0, 0.1) is 0 Å². The molecule has 0 rings (SSSR count). The molecule has 32 heavy (non-hydrogen) atoms. The summed E-state index contributed by atoms with van der Waals surface area (Å²) in [7, 11) is 0. The molecule has 0 saturated carbocycles. The SMILES string of the molecule is CCCCCCCCCCCCCCCC(=O)OC(CCCCCCCCCC)C(=O)O. The highest BCUT2D eigenvalue weighted by Crippen LogP contribution is 2.15. The first kappa shape index (κ1) is 30.9. The Bertz CT molecular complexity index is 422. The Morgan fingerprint density at radius 1 is 0.562 bits per heavy atom. The quantitative estimate of drug-likeness (QED) is 0.110. The second kappa shape index (κ2) is 24.6. The second-order valence-electron chi connectivity index (χ2n) is 9.57. The van der Waals surface area contributed by atoms with Crippen molar-refractivity contribution in [1.29, 1.82) is 0 Å². The Balaban J connectivity index is 3.57. The Labute approximate surface area is 199 Å². The average molecular weight is 455 g/mol. The van der Waals surface area contributed by atoms with Gasteiger partial charge in [0.15, 0.2) is 6.10 Å². The van der Waals surface area contributed by atoms with Gasteiger partial charge in [0, 0.05) is 6.42 Å². The van der Waals surface area contributed by atoms with Crippen LogP contribution in [0.15, 0.2) is 0 Å². The summed E-state index contributed by atoms with van der Waals surface area (Å²) in [5.74, 6) is -1.35. The predicted molar refractivity (Wildman–Crippen MR) is 135 cm³/mol. The number of carboxylic acid groups (broad SMARTS) is 1. The standard InChI is InChI=1S/C28H54O4/c1-3-5-7-9-11-13-14-15-16-17-19-21-23-25-27(29)32-26(28(30)31)24-22-20-18-12-10-8-6-4-2/h26H,3-25H2,1-2H3,(H,30,31). The summed E-state index contributed by atoms with van der Waals surface area (Å²) in [4.78, 5) is 23.4. The summed E-state index contributed by atoms with van der Waals surface area (Å²) >= 11 is 0. The molecule has 4 heteroatoms. The average Bonchev–Trinajstić information content (AvgIpc) is 2.77. The lowest BCUT2D eigenvalue weighted by atomic mass is 10.0. The second-order valence-corrected chi connectivity index (χ2v) is 9.57. The van der Waals surface area contributed by atoms with Crippen molar-refractivity contribution in [2.45, 2.75) is 168 Å². The van der Waals surface area contributed by atoms with Crippen molar-refractivity contribution in [2.24, 2.45) is 0 Å². The van der Waals surface area contributed by atoms with Gasteiger partial charge in [0.2, 0.25) is 0 Å². The van der Waals surface area contributed by atoms with E-state index in [1.807, 2.05) is 0 Å². The van der Waals surface area contributed by atoms with Gasteiger partial charge in [0.25, 0.3) is 0 Å². The third-order valence-corrected chi connectivity index (χ3v) is 6.35. The molecule has 0 heterocycles. The molecule has 4 nitrogen and oxygen atoms in total. The minimum absolute atomic E-state index is 0.346. The minimum atomic E-state index is -1.01. The minimum Gasteiger partial charge on any atom is -0.479 e. The number of carbonyl (C=O) groups is 2. The molecular formula is C28H54O4. The fourth-order valence-electron chi connectivity index (χ4n) is 4.20. The first-order valence-corrected chi connectivity index (χ1v) is 14.0. The monoisotopic (exact) mass is 454 g/mol. The summed E-state index contributed by atoms with van der Waals surface area (Å²) < 4.78 is 5.24. The number of aliphatic carboxylic acids is 1. The van der Waals surface area contributed by atoms with Gasteiger partial charge in [0.1, 0.15) is 0 Å². The van der Waals surface area contributed by atoms with Gasteiger partial charge < -0.3 is 9.84 Å². The molecular weight excluding hydrogens is 400 g/mol. The first-order chi connectivity index (χ1) is 15.6. The molecule has 0 aliphatic heterocycles. The van der Waals surface area contributed by atoms with Crippen LogP contribution in [0.3, 0.4) is 0 Å². The lowest BCUT2D eigenvalue weighted by Gasteiger charge is -2.13. The van der Waals surface area contributed by atoms with Crippen LogP contribution in [0.2, 0.25) is 0 Å². The molecule has 0 bridgehead atoms. The molecule has 1 atom stereocenters. The van der Waals surface area contributed by atoms with E-state index >= 15 is 0 Å². The van der Waals surface area contributed by atoms with Crippen molar-refractivity contribution in [3.63, 3.8) is 0 Å². The largest absolute Gasteiger partial charge is 0.479 e. The van der Waals surface area contributed by atoms with Crippen molar-refractivity contribution in [1.82, 2.24) is 0 Å². The molecule has 0 spiro atoms. The van der Waals surface area contributed by atoms with Crippen molar-refractivity contribution >= 4 is 11.9 Å². The maximum Gasteiger partial charge on any atom is 0.345 e. The smallest absolute Gasteiger partial charge is 0.345 e. The fourth-order valence-corrected chi connectivity index (χ4v) is 4.20. The van der Waals surface area contributed by atoms with Crippen molar-refractivity contribution < 1.29 is 19.4 Å². The number of hydrogen-bond acceptors (Lipinski definition) is 3. The Kier molecular flexibility index (Phi) is 23.8. The topological polar surface area (TPSA) is 63.6 Å². The first-order valence-electron chi connectivity index (χ1n) is 14.0. The van der Waals surface area contributed by atoms with Crippen molar-refractivity contribution in [3.8, 4) is 0 Å². The summed E-state index contributed by atoms with van der Waals surface area (Å²) in [5, 5.41) is 9.33. The molecule has 0 aliphatic rings. The van der Waals surface area contributed by atoms with E-state index in [2.05, 4.69) is 13.8 Å². The number of rotatable bonds is 25. The number of carboxylic acids is 1. The van der Waals surface area contributed by atoms with E-state index in [9.17, 15) is 14.7 Å². The lowest BCUT2D eigenvalue weighted by Crippen LogP contribution is -2.27. The molecule has 0 aliphatic carbocycles. The maximum atomic E-state index is 12.0. The molecule has 0 amide bonds. The molecule has 190 valence electrons. The molecule has 0 saturated heterocycles. The van der Waals surface area contributed by atoms with Gasteiger partial charge in [-0.3, -0.25) is 4.79 Å². The van der Waals surface area contributed by atoms with Crippen molar-refractivity contribution in [3.05, 3.63) is 0 Å². The van der Waals surface area contributed by atoms with Gasteiger partial charge in [-0.05, 0) is 19.3 Å². The lowest BCUT2D eigenvalue weighted by molar-refractivity contribution is -0.164. The van der Waals surface area contributed by atoms with Crippen LogP contribution in [0.4, 0.5) is 0 Å². The fraction of sp³-hybridized carbons (Fsp3) is 0.929. The molecule has 0 aromatic heterocycles. The number of hydrogen-bond donors (Lipinski definition) is 1. The van der Waals surface area contributed by atoms with Crippen molar-refractivity contribution in [2.75, 3.05) is 0 Å². The van der Waals surface area contributed by atoms with Crippen LogP contribution in [0.5, 0.6) is 0 Å². The van der Waals surface area contributed by atoms with Crippen LogP contribution >= 0.6 is 0 Å². The number of esters is 1. The molecule has 1 N–H and O–H groups in total. The van der Waals surface area contributed by atoms with E-state index in [0.29, 0.717) is 12.8 Å². The van der Waals surface area contributed by atoms with Crippen LogP contribution in [0.25, 0.3) is 0 Å². The highest BCUT2D eigenvalue weighted by molar-refractivity contribution is 5.77. The maximum absolute atomic E-state index is 12.0. The predicted octanol–water partition coefficient (Wildman–Crippen LogP) is 8.99. The van der Waals surface area contributed by atoms with Crippen LogP contribution in [-0.2, 0) is 14.3 Å². The zero-order valence-electron chi connectivity index (χ0n) is 21.5. The van der Waals surface area contributed by atoms with E-state index in [0.717, 1.165) is 38.5 Å². The van der Waals surface area contributed by atoms with Gasteiger partial charge in [-0.15, -0.1) is 0 Å². The van der Waals surface area contributed by atoms with Gasteiger partial charge >= 0.3 is 11.9 Å². The number of unbranched alkanes of at least 4 members (excludes halogenated alkanes) is 19. The Hall–Kier alpha value is -1.06. The van der Waals surface area contributed by atoms with E-state index in [4.69, 9.17) is 4.74 Å². The third-order valence-electron chi connectivity index (χ3n) is 6.35. The van der Waals surface area contributed by atoms with E-state index < -0.39 is 12.1 Å². The summed E-state index contributed by atoms with van der Waals surface area (Å²) in [6.45, 7) is 4.47. The van der Waals surface area contributed by atoms with E-state index in [1.54, 1.807) is 0 Å². The van der Waals surface area contributed by atoms with E-state index in [1.165, 1.54) is 96.3 Å². The molecule has 0 aromatic carbocycles. The third kappa shape index (κ3) is 22.1. The molecule has 1 unspecified atom stereocenters. The Morgan fingerprint density at radius 2 is 0.906 bits per heavy atom. The highest BCUT2D eigenvalue weighted by Gasteiger charge is 2.21. The van der Waals surface area contributed by atoms with Crippen LogP contribution < -0.4 is 0 Å². The molecule has 0 fully saturated rings. The molecule has 0 aromatic rings. The van der Waals surface area contributed by atoms with Gasteiger partial charge in [-0.1, -0.05) is 136 Å². The van der Waals surface area contributed by atoms with Crippen LogP contribution in [-0.4, -0.2) is 23.1 Å². The zero-order valence-corrected chi connectivity index (χ0v) is 21.5. The Morgan fingerprint density at radius 3 is 1.28 bits per heavy atom. The summed E-state index contributed by atoms with van der Waals surface area (Å²) in [6, 6.07) is 0. The number of ether oxygens (including phenoxy) is 1. The summed E-state index contributed by atoms with van der Waals surface area (Å²) in [6.07, 6.45) is 25.6. The van der Waals surface area contributed by atoms with E-state index in [-0.39, 0.29) is 5.97 Å². The van der Waals surface area contributed by atoms with Gasteiger partial charge in [0.05, 0.1) is 0 Å². The highest BCUT2D eigenvalue weighted by atomic mass is 16.6. The van der Waals surface area contributed by atoms with Gasteiger partial charge in [-0.25, -0.2) is 4.79 Å².